The molecule has 6 heteroatoms. The third kappa shape index (κ3) is 15.5. The molecule has 1 atom stereocenters. The number of hydrogen-bond donors (Lipinski definition) is 0. The maximum absolute atomic E-state index is 11.5. The summed E-state index contributed by atoms with van der Waals surface area (Å²) in [6, 6.07) is 0. The lowest BCUT2D eigenvalue weighted by Crippen LogP contribution is -2.19. The summed E-state index contributed by atoms with van der Waals surface area (Å²) in [7, 11) is -0.617. The van der Waals surface area contributed by atoms with E-state index in [9.17, 15) is 9.59 Å². The largest absolute Gasteiger partial charge is 0.376 e. The highest BCUT2D eigenvalue weighted by Crippen LogP contribution is 2.25. The van der Waals surface area contributed by atoms with Crippen LogP contribution in [0.5, 0.6) is 0 Å². The maximum Gasteiger partial charge on any atom is 0.376 e. The van der Waals surface area contributed by atoms with E-state index in [0.717, 1.165) is 29.7 Å². The second kappa shape index (κ2) is 18.7. The van der Waals surface area contributed by atoms with Gasteiger partial charge in [-0.3, -0.25) is 4.79 Å². The van der Waals surface area contributed by atoms with Gasteiger partial charge in [-0.1, -0.05) is 96.8 Å². The van der Waals surface area contributed by atoms with E-state index in [1.54, 1.807) is 0 Å². The molecule has 1 fully saturated rings. The summed E-state index contributed by atoms with van der Waals surface area (Å²) in [6.45, 7) is 2.27. The first-order chi connectivity index (χ1) is 13.7. The predicted molar refractivity (Wildman–Crippen MR) is 121 cm³/mol. The Morgan fingerprint density at radius 2 is 1.11 bits per heavy atom. The van der Waals surface area contributed by atoms with Crippen molar-refractivity contribution in [3.63, 3.8) is 0 Å². The van der Waals surface area contributed by atoms with Crippen molar-refractivity contribution in [2.24, 2.45) is 0 Å². The van der Waals surface area contributed by atoms with Crippen molar-refractivity contribution >= 4 is 33.2 Å². The third-order valence-electron chi connectivity index (χ3n) is 5.09. The molecule has 28 heavy (non-hydrogen) atoms. The van der Waals surface area contributed by atoms with Crippen LogP contribution < -0.4 is 0 Å². The van der Waals surface area contributed by atoms with Crippen molar-refractivity contribution < 1.29 is 18.0 Å². The minimum Gasteiger partial charge on any atom is -0.343 e. The normalized spacial score (nSPS) is 17.7. The van der Waals surface area contributed by atoms with Gasteiger partial charge in [0, 0.05) is 0 Å². The molecule has 0 N–H and O–H groups in total. The van der Waals surface area contributed by atoms with Gasteiger partial charge in [-0.2, -0.15) is 0 Å². The second-order valence-electron chi connectivity index (χ2n) is 7.79. The summed E-state index contributed by atoms with van der Waals surface area (Å²) >= 11 is 1.03. The molecule has 1 rings (SSSR count). The molecular weight excluding hydrogens is 392 g/mol. The monoisotopic (exact) mass is 433 g/mol. The van der Waals surface area contributed by atoms with Crippen molar-refractivity contribution in [3.05, 3.63) is 0 Å². The van der Waals surface area contributed by atoms with Gasteiger partial charge in [-0.15, -0.1) is 0 Å². The lowest BCUT2D eigenvalue weighted by Gasteiger charge is -2.07. The molecule has 164 valence electrons. The Bertz CT molecular complexity index is 404. The van der Waals surface area contributed by atoms with Gasteiger partial charge in [0.15, 0.2) is 5.75 Å². The van der Waals surface area contributed by atoms with Crippen LogP contribution in [0.25, 0.3) is 0 Å². The molecule has 0 amide bonds. The van der Waals surface area contributed by atoms with E-state index < -0.39 is 10.2 Å². The summed E-state index contributed by atoms with van der Waals surface area (Å²) in [5.74, 6) is 0.206. The van der Waals surface area contributed by atoms with Gasteiger partial charge >= 0.3 is 33.2 Å². The number of rotatable bonds is 17. The van der Waals surface area contributed by atoms with Gasteiger partial charge < -0.3 is 4.18 Å². The molecule has 0 spiro atoms. The fourth-order valence-electron chi connectivity index (χ4n) is 3.32. The maximum atomic E-state index is 11.5. The number of unbranched alkanes of at least 4 members (excludes halogenated alkanes) is 15. The second-order valence-corrected chi connectivity index (χ2v) is 10.8. The van der Waals surface area contributed by atoms with Crippen molar-refractivity contribution in [3.8, 4) is 0 Å². The fourth-order valence-corrected chi connectivity index (χ4v) is 5.79. The smallest absolute Gasteiger partial charge is 0.343 e. The summed E-state index contributed by atoms with van der Waals surface area (Å²) < 4.78 is 10.4. The molecule has 0 aromatic heterocycles. The van der Waals surface area contributed by atoms with Crippen molar-refractivity contribution in [1.82, 2.24) is 0 Å². The first-order valence-electron chi connectivity index (χ1n) is 11.5. The summed E-state index contributed by atoms with van der Waals surface area (Å²) in [5, 5.41) is 0. The van der Waals surface area contributed by atoms with Crippen LogP contribution >= 0.6 is 11.1 Å². The first-order valence-corrected chi connectivity index (χ1v) is 14.1. The zero-order valence-corrected chi connectivity index (χ0v) is 19.5. The van der Waals surface area contributed by atoms with E-state index in [-0.39, 0.29) is 24.8 Å². The molecule has 0 radical (unpaired) electrons. The van der Waals surface area contributed by atoms with Gasteiger partial charge in [-0.05, 0) is 12.8 Å². The molecule has 4 nitrogen and oxygen atoms in total. The van der Waals surface area contributed by atoms with Crippen LogP contribution in [0.2, 0.25) is 0 Å². The van der Waals surface area contributed by atoms with Gasteiger partial charge in [0.05, 0.1) is 12.8 Å². The zero-order valence-electron chi connectivity index (χ0n) is 17.9. The Hall–Kier alpha value is -0.360. The standard InChI is InChI=1S/C22H41O4S2/c1-2-3-4-5-6-7-8-9-10-11-12-13-14-15-16-17-20-28-26-22(24)19-18-21(23)25-27-28/h2-20H2,1H3/q+1. The molecule has 0 bridgehead atoms. The van der Waals surface area contributed by atoms with E-state index in [1.165, 1.54) is 89.9 Å². The van der Waals surface area contributed by atoms with Crippen molar-refractivity contribution in [2.75, 3.05) is 5.75 Å². The van der Waals surface area contributed by atoms with Crippen LogP contribution in [0.3, 0.4) is 0 Å². The predicted octanol–water partition coefficient (Wildman–Crippen LogP) is 7.22. The van der Waals surface area contributed by atoms with E-state index in [0.29, 0.717) is 0 Å². The molecule has 1 aliphatic heterocycles. The van der Waals surface area contributed by atoms with Gasteiger partial charge in [0.1, 0.15) is 0 Å². The minimum absolute atomic E-state index is 0.127. The highest BCUT2D eigenvalue weighted by Gasteiger charge is 2.33. The zero-order chi connectivity index (χ0) is 20.3. The highest BCUT2D eigenvalue weighted by atomic mass is 33.1. The van der Waals surface area contributed by atoms with E-state index in [1.807, 2.05) is 0 Å². The molecule has 0 saturated carbocycles. The van der Waals surface area contributed by atoms with Crippen molar-refractivity contribution in [2.45, 2.75) is 122 Å². The fraction of sp³-hybridized carbons (Fsp3) is 0.909. The Labute approximate surface area is 179 Å². The van der Waals surface area contributed by atoms with E-state index in [4.69, 9.17) is 8.37 Å². The van der Waals surface area contributed by atoms with E-state index in [2.05, 4.69) is 6.92 Å². The molecule has 0 aliphatic carbocycles. The van der Waals surface area contributed by atoms with Crippen LogP contribution in [-0.4, -0.2) is 17.7 Å². The molecule has 0 aromatic rings. The van der Waals surface area contributed by atoms with Crippen LogP contribution in [0.15, 0.2) is 0 Å². The van der Waals surface area contributed by atoms with Gasteiger partial charge in [0.25, 0.3) is 0 Å². The molecule has 1 aliphatic rings. The highest BCUT2D eigenvalue weighted by molar-refractivity contribution is 8.70. The molecule has 1 heterocycles. The topological polar surface area (TPSA) is 52.6 Å². The van der Waals surface area contributed by atoms with Crippen LogP contribution in [0.1, 0.15) is 122 Å². The first kappa shape index (κ1) is 25.7. The van der Waals surface area contributed by atoms with Crippen LogP contribution in [0.4, 0.5) is 0 Å². The molecule has 0 aromatic carbocycles. The Morgan fingerprint density at radius 3 is 1.61 bits per heavy atom. The third-order valence-corrected chi connectivity index (χ3v) is 7.85. The summed E-state index contributed by atoms with van der Waals surface area (Å²) in [6.07, 6.45) is 21.8. The SMILES string of the molecule is CCCCCCCCCCCCCCCCCC[S+]1OC(=O)CCC(=O)OS1. The average molecular weight is 434 g/mol. The number of carbonyl (C=O) groups is 2. The van der Waals surface area contributed by atoms with Crippen LogP contribution in [0, 0.1) is 0 Å². The Kier molecular flexibility index (Phi) is 17.1. The lowest BCUT2D eigenvalue weighted by molar-refractivity contribution is -0.139. The molecule has 1 saturated heterocycles. The molecular formula is C22H41O4S2+. The van der Waals surface area contributed by atoms with E-state index >= 15 is 0 Å². The average Bonchev–Trinajstić information content (AvgIpc) is 2.68. The number of hydrogen-bond acceptors (Lipinski definition) is 5. The molecule has 1 unspecified atom stereocenters. The Morgan fingerprint density at radius 1 is 0.679 bits per heavy atom. The quantitative estimate of drug-likeness (QED) is 0.105. The summed E-state index contributed by atoms with van der Waals surface area (Å²) in [5.41, 5.74) is 0. The summed E-state index contributed by atoms with van der Waals surface area (Å²) in [4.78, 5) is 22.8. The van der Waals surface area contributed by atoms with Crippen molar-refractivity contribution in [1.29, 1.82) is 0 Å². The lowest BCUT2D eigenvalue weighted by atomic mass is 10.0. The minimum atomic E-state index is -0.617. The van der Waals surface area contributed by atoms with Gasteiger partial charge in [-0.25, -0.2) is 8.98 Å². The Balaban J connectivity index is 1.81. The van der Waals surface area contributed by atoms with Gasteiger partial charge in [0.2, 0.25) is 0 Å². The number of carbonyl (C=O) groups excluding carboxylic acids is 2. The van der Waals surface area contributed by atoms with Crippen LogP contribution in [-0.2, 0) is 28.2 Å².